The molecule has 174 valence electrons. The van der Waals surface area contributed by atoms with E-state index in [1.54, 1.807) is 26.0 Å². The Labute approximate surface area is 189 Å². The maximum atomic E-state index is 13.0. The molecule has 32 heavy (non-hydrogen) atoms. The van der Waals surface area contributed by atoms with Crippen molar-refractivity contribution in [3.05, 3.63) is 65.7 Å². The number of aliphatic hydroxyl groups is 1. The third-order valence-electron chi connectivity index (χ3n) is 4.97. The molecule has 0 heterocycles. The maximum Gasteiger partial charge on any atom is 0.242 e. The fraction of sp³-hybridized carbons (Fsp3) is 0.391. The minimum atomic E-state index is -3.52. The number of benzene rings is 2. The van der Waals surface area contributed by atoms with Gasteiger partial charge in [0.15, 0.2) is 0 Å². The lowest BCUT2D eigenvalue weighted by Crippen LogP contribution is -2.48. The topological polar surface area (TPSA) is 116 Å². The Morgan fingerprint density at radius 2 is 1.69 bits per heavy atom. The van der Waals surface area contributed by atoms with Gasteiger partial charge in [-0.05, 0) is 36.6 Å². The number of nitrogens with one attached hydrogen (secondary N) is 2. The van der Waals surface area contributed by atoms with Crippen LogP contribution >= 0.6 is 0 Å². The molecule has 8 nitrogen and oxygen atoms in total. The molecule has 2 aromatic carbocycles. The van der Waals surface area contributed by atoms with Crippen LogP contribution in [0.2, 0.25) is 0 Å². The van der Waals surface area contributed by atoms with Crippen molar-refractivity contribution in [2.45, 2.75) is 44.2 Å². The zero-order chi connectivity index (χ0) is 23.6. The average Bonchev–Trinajstić information content (AvgIpc) is 2.80. The van der Waals surface area contributed by atoms with E-state index in [2.05, 4.69) is 10.0 Å². The number of aliphatic hydroxyl groups excluding tert-OH is 1. The molecule has 9 heteroatoms. The first-order chi connectivity index (χ1) is 15.3. The molecule has 1 atom stereocenters. The molecule has 2 aromatic rings. The number of hydrogen-bond acceptors (Lipinski definition) is 5. The third-order valence-corrected chi connectivity index (χ3v) is 6.53. The highest BCUT2D eigenvalue weighted by Gasteiger charge is 2.25. The lowest BCUT2D eigenvalue weighted by atomic mass is 10.1. The van der Waals surface area contributed by atoms with E-state index in [0.717, 1.165) is 11.1 Å². The smallest absolute Gasteiger partial charge is 0.242 e. The number of nitrogens with zero attached hydrogens (tertiary/aromatic N) is 1. The van der Waals surface area contributed by atoms with Gasteiger partial charge in [0.25, 0.3) is 0 Å². The number of aryl methyl sites for hydroxylation is 1. The Balaban J connectivity index is 2.09. The Kier molecular flexibility index (Phi) is 9.83. The van der Waals surface area contributed by atoms with E-state index < -0.39 is 16.1 Å². The number of carbonyl (C=O) groups excluding carboxylic acids is 2. The average molecular weight is 462 g/mol. The van der Waals surface area contributed by atoms with E-state index >= 15 is 0 Å². The van der Waals surface area contributed by atoms with Gasteiger partial charge in [-0.3, -0.25) is 9.59 Å². The molecular formula is C23H31N3O5S. The normalized spacial score (nSPS) is 12.2. The molecular weight excluding hydrogens is 430 g/mol. The van der Waals surface area contributed by atoms with Gasteiger partial charge < -0.3 is 15.3 Å². The second kappa shape index (κ2) is 12.3. The lowest BCUT2D eigenvalue weighted by molar-refractivity contribution is -0.140. The minimum Gasteiger partial charge on any atom is -0.395 e. The standard InChI is InChI=1S/C23H31N3O5S/c1-3-25-32(30,31)21-12-9-19(10-13-21)11-14-22(28)26(17-20-7-5-4-6-8-20)18(2)23(29)24-15-16-27/h4-10,12-13,18,25,27H,3,11,14-17H2,1-2H3,(H,24,29). The van der Waals surface area contributed by atoms with Crippen molar-refractivity contribution < 1.29 is 23.1 Å². The van der Waals surface area contributed by atoms with Gasteiger partial charge in [0.05, 0.1) is 11.5 Å². The van der Waals surface area contributed by atoms with Gasteiger partial charge in [-0.2, -0.15) is 0 Å². The molecule has 1 unspecified atom stereocenters. The fourth-order valence-electron chi connectivity index (χ4n) is 3.19. The minimum absolute atomic E-state index is 0.124. The molecule has 0 aliphatic carbocycles. The summed E-state index contributed by atoms with van der Waals surface area (Å²) in [7, 11) is -3.52. The molecule has 0 bridgehead atoms. The Hall–Kier alpha value is -2.75. The summed E-state index contributed by atoms with van der Waals surface area (Å²) < 4.78 is 26.6. The second-order valence-electron chi connectivity index (χ2n) is 7.34. The summed E-state index contributed by atoms with van der Waals surface area (Å²) in [6.07, 6.45) is 0.584. The molecule has 2 rings (SSSR count). The van der Waals surface area contributed by atoms with Gasteiger partial charge >= 0.3 is 0 Å². The highest BCUT2D eigenvalue weighted by Crippen LogP contribution is 2.15. The van der Waals surface area contributed by atoms with Crippen molar-refractivity contribution in [1.82, 2.24) is 14.9 Å². The summed E-state index contributed by atoms with van der Waals surface area (Å²) in [5, 5.41) is 11.6. The van der Waals surface area contributed by atoms with Gasteiger partial charge in [-0.1, -0.05) is 49.4 Å². The van der Waals surface area contributed by atoms with Crippen LogP contribution in [-0.4, -0.2) is 56.0 Å². The zero-order valence-corrected chi connectivity index (χ0v) is 19.3. The van der Waals surface area contributed by atoms with Crippen molar-refractivity contribution in [3.8, 4) is 0 Å². The van der Waals surface area contributed by atoms with Crippen molar-refractivity contribution in [3.63, 3.8) is 0 Å². The Morgan fingerprint density at radius 1 is 1.03 bits per heavy atom. The van der Waals surface area contributed by atoms with Crippen LogP contribution in [0.25, 0.3) is 0 Å². The van der Waals surface area contributed by atoms with Crippen molar-refractivity contribution in [2.24, 2.45) is 0 Å². The van der Waals surface area contributed by atoms with Crippen LogP contribution in [0.15, 0.2) is 59.5 Å². The first-order valence-corrected chi connectivity index (χ1v) is 12.1. The summed E-state index contributed by atoms with van der Waals surface area (Å²) >= 11 is 0. The van der Waals surface area contributed by atoms with Crippen LogP contribution in [0.5, 0.6) is 0 Å². The van der Waals surface area contributed by atoms with Crippen LogP contribution in [0, 0.1) is 0 Å². The quantitative estimate of drug-likeness (QED) is 0.442. The van der Waals surface area contributed by atoms with Gasteiger partial charge in [-0.15, -0.1) is 0 Å². The molecule has 0 saturated heterocycles. The van der Waals surface area contributed by atoms with Gasteiger partial charge in [0, 0.05) is 26.1 Å². The number of rotatable bonds is 12. The van der Waals surface area contributed by atoms with E-state index in [4.69, 9.17) is 5.11 Å². The summed E-state index contributed by atoms with van der Waals surface area (Å²) in [5.74, 6) is -0.522. The highest BCUT2D eigenvalue weighted by atomic mass is 32.2. The number of hydrogen-bond donors (Lipinski definition) is 3. The number of carbonyl (C=O) groups is 2. The summed E-state index contributed by atoms with van der Waals surface area (Å²) in [6, 6.07) is 15.1. The maximum absolute atomic E-state index is 13.0. The summed E-state index contributed by atoms with van der Waals surface area (Å²) in [6.45, 7) is 3.91. The number of sulfonamides is 1. The van der Waals surface area contributed by atoms with E-state index in [9.17, 15) is 18.0 Å². The highest BCUT2D eigenvalue weighted by molar-refractivity contribution is 7.89. The van der Waals surface area contributed by atoms with Gasteiger partial charge in [0.1, 0.15) is 6.04 Å². The molecule has 0 saturated carbocycles. The summed E-state index contributed by atoms with van der Waals surface area (Å²) in [5.41, 5.74) is 1.73. The number of amides is 2. The SMILES string of the molecule is CCNS(=O)(=O)c1ccc(CCC(=O)N(Cc2ccccc2)C(C)C(=O)NCCO)cc1. The second-order valence-corrected chi connectivity index (χ2v) is 9.11. The molecule has 2 amide bonds. The third kappa shape index (κ3) is 7.44. The zero-order valence-electron chi connectivity index (χ0n) is 18.5. The summed E-state index contributed by atoms with van der Waals surface area (Å²) in [4.78, 5) is 27.2. The van der Waals surface area contributed by atoms with Crippen LogP contribution in [0.3, 0.4) is 0 Å². The van der Waals surface area contributed by atoms with Gasteiger partial charge in [-0.25, -0.2) is 13.1 Å². The molecule has 0 aliphatic rings. The first kappa shape index (κ1) is 25.5. The molecule has 0 aromatic heterocycles. The van der Waals surface area contributed by atoms with Crippen molar-refractivity contribution in [2.75, 3.05) is 19.7 Å². The predicted molar refractivity (Wildman–Crippen MR) is 122 cm³/mol. The van der Waals surface area contributed by atoms with Crippen LogP contribution in [0.1, 0.15) is 31.4 Å². The molecule has 3 N–H and O–H groups in total. The molecule has 0 aliphatic heterocycles. The monoisotopic (exact) mass is 461 g/mol. The van der Waals surface area contributed by atoms with E-state index in [1.165, 1.54) is 17.0 Å². The van der Waals surface area contributed by atoms with E-state index in [1.807, 2.05) is 30.3 Å². The lowest BCUT2D eigenvalue weighted by Gasteiger charge is -2.29. The first-order valence-electron chi connectivity index (χ1n) is 10.6. The van der Waals surface area contributed by atoms with Crippen LogP contribution in [-0.2, 0) is 32.6 Å². The Bertz CT molecular complexity index is 978. The fourth-order valence-corrected chi connectivity index (χ4v) is 4.23. The predicted octanol–water partition coefficient (Wildman–Crippen LogP) is 1.44. The van der Waals surface area contributed by atoms with E-state index in [-0.39, 0.29) is 42.8 Å². The molecule has 0 radical (unpaired) electrons. The largest absolute Gasteiger partial charge is 0.395 e. The van der Waals surface area contributed by atoms with Gasteiger partial charge in [0.2, 0.25) is 21.8 Å². The van der Waals surface area contributed by atoms with E-state index in [0.29, 0.717) is 13.0 Å². The van der Waals surface area contributed by atoms with Crippen molar-refractivity contribution >= 4 is 21.8 Å². The molecule has 0 spiro atoms. The van der Waals surface area contributed by atoms with Crippen LogP contribution < -0.4 is 10.0 Å². The molecule has 0 fully saturated rings. The Morgan fingerprint density at radius 3 is 2.28 bits per heavy atom. The van der Waals surface area contributed by atoms with Crippen molar-refractivity contribution in [1.29, 1.82) is 0 Å². The van der Waals surface area contributed by atoms with Crippen LogP contribution in [0.4, 0.5) is 0 Å².